The number of aliphatic hydroxyl groups excluding tert-OH is 1. The van der Waals surface area contributed by atoms with Crippen LogP contribution in [0.5, 0.6) is 0 Å². The third-order valence-electron chi connectivity index (χ3n) is 0.357. The van der Waals surface area contributed by atoms with Crippen molar-refractivity contribution in [3.63, 3.8) is 0 Å². The molecule has 0 bridgehead atoms. The second-order valence-electron chi connectivity index (χ2n) is 1.01. The van der Waals surface area contributed by atoms with Crippen molar-refractivity contribution in [1.82, 2.24) is 0 Å². The second-order valence-corrected chi connectivity index (χ2v) is 1.01. The summed E-state index contributed by atoms with van der Waals surface area (Å²) >= 11 is 0. The summed E-state index contributed by atoms with van der Waals surface area (Å²) in [4.78, 5) is 9.45. The minimum Gasteiger partial charge on any atom is -0.479 e. The molecule has 3 nitrogen and oxygen atoms in total. The number of hydrogen-bond donors (Lipinski definition) is 2. The van der Waals surface area contributed by atoms with Crippen LogP contribution in [0.2, 0.25) is 0 Å². The maximum atomic E-state index is 9.45. The van der Waals surface area contributed by atoms with Gasteiger partial charge in [0.2, 0.25) is 0 Å². The van der Waals surface area contributed by atoms with Gasteiger partial charge in [-0.15, -0.1) is 0 Å². The summed E-state index contributed by atoms with van der Waals surface area (Å²) in [5, 5.41) is 15.8. The van der Waals surface area contributed by atoms with Crippen LogP contribution in [-0.4, -0.2) is 22.3 Å². The number of carboxylic acids is 1. The van der Waals surface area contributed by atoms with Crippen molar-refractivity contribution in [2.75, 3.05) is 0 Å². The molecule has 0 radical (unpaired) electrons. The van der Waals surface area contributed by atoms with Crippen molar-refractivity contribution in [2.45, 2.75) is 13.0 Å². The van der Waals surface area contributed by atoms with E-state index in [0.29, 0.717) is 0 Å². The molecule has 0 rings (SSSR count). The molecule has 46 valence electrons. The van der Waals surface area contributed by atoms with Crippen LogP contribution < -0.4 is 0 Å². The topological polar surface area (TPSA) is 57.5 Å². The Morgan fingerprint density at radius 1 is 1.71 bits per heavy atom. The molecule has 0 amide bonds. The Hall–Kier alpha value is 0.170. The van der Waals surface area contributed by atoms with Gasteiger partial charge in [0.05, 0.1) is 0 Å². The van der Waals surface area contributed by atoms with Gasteiger partial charge >= 0.3 is 28.3 Å². The molecule has 0 spiro atoms. The standard InChI is InChI=1S/C3H6O3.Ag/c1-2(4)3(5)6;/h2,4H,1H3,(H,5,6);/q;+1. The van der Waals surface area contributed by atoms with Crippen LogP contribution in [0, 0.1) is 0 Å². The van der Waals surface area contributed by atoms with Gasteiger partial charge in [-0.05, 0) is 6.92 Å². The molecule has 1 unspecified atom stereocenters. The van der Waals surface area contributed by atoms with Gasteiger partial charge in [-0.3, -0.25) is 0 Å². The molecule has 0 aliphatic heterocycles. The molecule has 0 heterocycles. The van der Waals surface area contributed by atoms with Crippen molar-refractivity contribution >= 4 is 5.97 Å². The normalized spacial score (nSPS) is 11.7. The molecule has 0 saturated carbocycles. The van der Waals surface area contributed by atoms with E-state index in [4.69, 9.17) is 10.2 Å². The molecule has 0 aliphatic carbocycles. The van der Waals surface area contributed by atoms with Crippen LogP contribution in [0.4, 0.5) is 0 Å². The summed E-state index contributed by atoms with van der Waals surface area (Å²) in [6.07, 6.45) is -1.23. The van der Waals surface area contributed by atoms with Gasteiger partial charge in [0.25, 0.3) is 0 Å². The molecular weight excluding hydrogens is 192 g/mol. The molecule has 4 heteroatoms. The van der Waals surface area contributed by atoms with E-state index >= 15 is 0 Å². The van der Waals surface area contributed by atoms with Crippen LogP contribution in [0.3, 0.4) is 0 Å². The van der Waals surface area contributed by atoms with E-state index in [2.05, 4.69) is 0 Å². The van der Waals surface area contributed by atoms with Crippen LogP contribution in [0.25, 0.3) is 0 Å². The summed E-state index contributed by atoms with van der Waals surface area (Å²) in [5.74, 6) is -1.19. The maximum absolute atomic E-state index is 9.45. The first kappa shape index (κ1) is 10.2. The Kier molecular flexibility index (Phi) is 6.32. The van der Waals surface area contributed by atoms with Gasteiger partial charge in [0.15, 0.2) is 0 Å². The van der Waals surface area contributed by atoms with E-state index in [1.54, 1.807) is 0 Å². The molecule has 2 N–H and O–H groups in total. The first-order chi connectivity index (χ1) is 2.64. The van der Waals surface area contributed by atoms with Gasteiger partial charge < -0.3 is 10.2 Å². The fourth-order valence-corrected chi connectivity index (χ4v) is 0. The van der Waals surface area contributed by atoms with E-state index in [0.717, 1.165) is 0 Å². The average molecular weight is 198 g/mol. The van der Waals surface area contributed by atoms with Crippen molar-refractivity contribution < 1.29 is 37.4 Å². The average Bonchev–Trinajstić information content (AvgIpc) is 1.36. The largest absolute Gasteiger partial charge is 1.00 e. The predicted octanol–water partition coefficient (Wildman–Crippen LogP) is -0.551. The second kappa shape index (κ2) is 4.33. The van der Waals surface area contributed by atoms with Crippen LogP contribution in [0.15, 0.2) is 0 Å². The third kappa shape index (κ3) is 6.17. The Labute approximate surface area is 56.9 Å². The zero-order valence-corrected chi connectivity index (χ0v) is 5.16. The van der Waals surface area contributed by atoms with Gasteiger partial charge in [0, 0.05) is 0 Å². The monoisotopic (exact) mass is 197 g/mol. The molecule has 0 aliphatic rings. The third-order valence-corrected chi connectivity index (χ3v) is 0.357. The molecular formula is C3H6AgO3+. The minimum atomic E-state index is -1.23. The molecule has 0 aromatic carbocycles. The van der Waals surface area contributed by atoms with Gasteiger partial charge in [-0.1, -0.05) is 0 Å². The van der Waals surface area contributed by atoms with E-state index < -0.39 is 12.1 Å². The number of aliphatic hydroxyl groups is 1. The van der Waals surface area contributed by atoms with Crippen LogP contribution in [-0.2, 0) is 27.2 Å². The van der Waals surface area contributed by atoms with E-state index in [1.165, 1.54) is 6.92 Å². The van der Waals surface area contributed by atoms with Crippen molar-refractivity contribution in [3.8, 4) is 0 Å². The summed E-state index contributed by atoms with van der Waals surface area (Å²) in [5.41, 5.74) is 0. The minimum absolute atomic E-state index is 0. The molecule has 7 heavy (non-hydrogen) atoms. The number of hydrogen-bond acceptors (Lipinski definition) is 2. The Morgan fingerprint density at radius 2 is 1.86 bits per heavy atom. The zero-order chi connectivity index (χ0) is 5.15. The summed E-state index contributed by atoms with van der Waals surface area (Å²) in [6.45, 7) is 1.20. The van der Waals surface area contributed by atoms with E-state index in [-0.39, 0.29) is 22.4 Å². The van der Waals surface area contributed by atoms with Gasteiger partial charge in [0.1, 0.15) is 6.10 Å². The predicted molar refractivity (Wildman–Crippen MR) is 19.3 cm³/mol. The number of aliphatic carboxylic acids is 1. The molecule has 0 saturated heterocycles. The van der Waals surface area contributed by atoms with Crippen LogP contribution >= 0.6 is 0 Å². The SMILES string of the molecule is CC(O)C(=O)O.[Ag+]. The summed E-state index contributed by atoms with van der Waals surface area (Å²) in [7, 11) is 0. The Morgan fingerprint density at radius 3 is 1.86 bits per heavy atom. The summed E-state index contributed by atoms with van der Waals surface area (Å²) in [6, 6.07) is 0. The van der Waals surface area contributed by atoms with E-state index in [1.807, 2.05) is 0 Å². The molecule has 0 aromatic rings. The molecule has 0 fully saturated rings. The number of rotatable bonds is 1. The quantitative estimate of drug-likeness (QED) is 0.555. The number of carbonyl (C=O) groups is 1. The first-order valence-electron chi connectivity index (χ1n) is 1.55. The molecule has 0 aromatic heterocycles. The fourth-order valence-electron chi connectivity index (χ4n) is 0. The van der Waals surface area contributed by atoms with Crippen molar-refractivity contribution in [1.29, 1.82) is 0 Å². The Bertz CT molecular complexity index is 61.2. The zero-order valence-electron chi connectivity index (χ0n) is 3.68. The smallest absolute Gasteiger partial charge is 0.479 e. The fraction of sp³-hybridized carbons (Fsp3) is 0.667. The molecule has 1 atom stereocenters. The summed E-state index contributed by atoms with van der Waals surface area (Å²) < 4.78 is 0. The van der Waals surface area contributed by atoms with Crippen molar-refractivity contribution in [3.05, 3.63) is 0 Å². The van der Waals surface area contributed by atoms with Gasteiger partial charge in [-0.2, -0.15) is 0 Å². The Balaban J connectivity index is 0. The van der Waals surface area contributed by atoms with Crippen molar-refractivity contribution in [2.24, 2.45) is 0 Å². The first-order valence-corrected chi connectivity index (χ1v) is 1.55. The van der Waals surface area contributed by atoms with Crippen LogP contribution in [0.1, 0.15) is 6.92 Å². The maximum Gasteiger partial charge on any atom is 1.00 e. The van der Waals surface area contributed by atoms with Gasteiger partial charge in [-0.25, -0.2) is 4.79 Å². The van der Waals surface area contributed by atoms with E-state index in [9.17, 15) is 4.79 Å². The number of carboxylic acid groups (broad SMARTS) is 1.